The monoisotopic (exact) mass is 324 g/mol. The van der Waals surface area contributed by atoms with Crippen LogP contribution in [0.25, 0.3) is 0 Å². The zero-order chi connectivity index (χ0) is 16.4. The Kier molecular flexibility index (Phi) is 6.07. The molecular formula is C12H24N2O8. The Bertz CT molecular complexity index is 360. The molecule has 0 aromatic rings. The zero-order valence-corrected chi connectivity index (χ0v) is 12.2. The molecule has 130 valence electrons. The highest BCUT2D eigenvalue weighted by Gasteiger charge is 2.47. The smallest absolute Gasteiger partial charge is 0.187 e. The zero-order valence-electron chi connectivity index (χ0n) is 12.2. The molecule has 10 heteroatoms. The van der Waals surface area contributed by atoms with Crippen molar-refractivity contribution in [3.8, 4) is 0 Å². The lowest BCUT2D eigenvalue weighted by molar-refractivity contribution is -0.324. The predicted molar refractivity (Wildman–Crippen MR) is 71.3 cm³/mol. The Morgan fingerprint density at radius 2 is 1.77 bits per heavy atom. The van der Waals surface area contributed by atoms with Crippen molar-refractivity contribution in [2.24, 2.45) is 11.5 Å². The maximum Gasteiger partial charge on any atom is 0.187 e. The molecule has 22 heavy (non-hydrogen) atoms. The summed E-state index contributed by atoms with van der Waals surface area (Å²) in [5.74, 6) is 0. The van der Waals surface area contributed by atoms with Crippen molar-refractivity contribution in [1.29, 1.82) is 0 Å². The lowest BCUT2D eigenvalue weighted by Crippen LogP contribution is -2.65. The van der Waals surface area contributed by atoms with E-state index in [1.165, 1.54) is 7.11 Å². The van der Waals surface area contributed by atoms with E-state index in [0.29, 0.717) is 0 Å². The standard InChI is InChI=1S/C12H24N2O8/c1-19-11-6(14)10(4(13)3-20-11)22-12-9(18)8(17)7(16)5(2-15)21-12/h4-12,15-18H,2-3,13-14H2,1H3/t4-,5-,6-,7+,8+,9-,10+,11-,12+/m1/s1. The second-order valence-electron chi connectivity index (χ2n) is 5.48. The molecule has 2 heterocycles. The summed E-state index contributed by atoms with van der Waals surface area (Å²) in [6.45, 7) is -0.411. The number of aliphatic hydroxyl groups excluding tert-OH is 4. The first-order chi connectivity index (χ1) is 10.4. The Hall–Kier alpha value is -0.400. The first-order valence-electron chi connectivity index (χ1n) is 7.02. The molecule has 0 saturated carbocycles. The summed E-state index contributed by atoms with van der Waals surface area (Å²) in [4.78, 5) is 0. The summed E-state index contributed by atoms with van der Waals surface area (Å²) in [6.07, 6.45) is -8.34. The van der Waals surface area contributed by atoms with Gasteiger partial charge in [-0.05, 0) is 0 Å². The van der Waals surface area contributed by atoms with Crippen LogP contribution in [-0.2, 0) is 18.9 Å². The van der Waals surface area contributed by atoms with Gasteiger partial charge in [0.05, 0.1) is 31.4 Å². The van der Waals surface area contributed by atoms with Gasteiger partial charge in [0.1, 0.15) is 24.4 Å². The second kappa shape index (κ2) is 7.45. The molecule has 9 atom stereocenters. The molecule has 10 nitrogen and oxygen atoms in total. The van der Waals surface area contributed by atoms with Gasteiger partial charge in [0.2, 0.25) is 0 Å². The average molecular weight is 324 g/mol. The molecule has 0 aliphatic carbocycles. The normalized spacial score (nSPS) is 50.0. The average Bonchev–Trinajstić information content (AvgIpc) is 2.51. The fraction of sp³-hybridized carbons (Fsp3) is 1.00. The SMILES string of the molecule is CO[C@@H]1OC[C@@H](N)[C@H](O[C@@H]2O[C@H](CO)[C@H](O)[C@H](O)[C@H]2O)[C@H]1N. The van der Waals surface area contributed by atoms with Crippen LogP contribution in [0.5, 0.6) is 0 Å². The summed E-state index contributed by atoms with van der Waals surface area (Å²) in [5.41, 5.74) is 11.9. The van der Waals surface area contributed by atoms with E-state index in [2.05, 4.69) is 0 Å². The Balaban J connectivity index is 2.07. The molecule has 2 rings (SSSR count). The highest BCUT2D eigenvalue weighted by atomic mass is 16.7. The molecule has 0 aromatic heterocycles. The molecule has 0 radical (unpaired) electrons. The molecule has 0 spiro atoms. The molecular weight excluding hydrogens is 300 g/mol. The van der Waals surface area contributed by atoms with Gasteiger partial charge in [0, 0.05) is 7.11 Å². The van der Waals surface area contributed by atoms with Crippen LogP contribution in [0.4, 0.5) is 0 Å². The fourth-order valence-electron chi connectivity index (χ4n) is 2.60. The van der Waals surface area contributed by atoms with E-state index in [9.17, 15) is 15.3 Å². The van der Waals surface area contributed by atoms with E-state index in [1.807, 2.05) is 0 Å². The predicted octanol–water partition coefficient (Wildman–Crippen LogP) is -4.17. The fourth-order valence-corrected chi connectivity index (χ4v) is 2.60. The Morgan fingerprint density at radius 3 is 2.36 bits per heavy atom. The summed E-state index contributed by atoms with van der Waals surface area (Å²) in [7, 11) is 1.42. The van der Waals surface area contributed by atoms with E-state index >= 15 is 0 Å². The highest BCUT2D eigenvalue weighted by molar-refractivity contribution is 4.93. The molecule has 2 saturated heterocycles. The van der Waals surface area contributed by atoms with E-state index in [0.717, 1.165) is 0 Å². The van der Waals surface area contributed by atoms with Crippen molar-refractivity contribution in [1.82, 2.24) is 0 Å². The van der Waals surface area contributed by atoms with Gasteiger partial charge in [-0.15, -0.1) is 0 Å². The largest absolute Gasteiger partial charge is 0.394 e. The molecule has 2 fully saturated rings. The minimum Gasteiger partial charge on any atom is -0.394 e. The van der Waals surface area contributed by atoms with Crippen molar-refractivity contribution < 1.29 is 39.4 Å². The minimum absolute atomic E-state index is 0.133. The molecule has 2 aliphatic rings. The summed E-state index contributed by atoms with van der Waals surface area (Å²) in [6, 6.07) is -1.32. The molecule has 0 bridgehead atoms. The van der Waals surface area contributed by atoms with E-state index in [-0.39, 0.29) is 6.61 Å². The number of nitrogens with two attached hydrogens (primary N) is 2. The highest BCUT2D eigenvalue weighted by Crippen LogP contribution is 2.26. The van der Waals surface area contributed by atoms with Gasteiger partial charge in [-0.3, -0.25) is 0 Å². The minimum atomic E-state index is -1.53. The van der Waals surface area contributed by atoms with Gasteiger partial charge >= 0.3 is 0 Å². The topological polar surface area (TPSA) is 170 Å². The first-order valence-corrected chi connectivity index (χ1v) is 7.02. The van der Waals surface area contributed by atoms with E-state index in [4.69, 9.17) is 35.5 Å². The van der Waals surface area contributed by atoms with Crippen LogP contribution < -0.4 is 11.5 Å². The number of methoxy groups -OCH3 is 1. The third-order valence-electron chi connectivity index (χ3n) is 3.94. The second-order valence-corrected chi connectivity index (χ2v) is 5.48. The number of hydrogen-bond donors (Lipinski definition) is 6. The number of aliphatic hydroxyl groups is 4. The van der Waals surface area contributed by atoms with Crippen LogP contribution in [0.2, 0.25) is 0 Å². The van der Waals surface area contributed by atoms with Crippen LogP contribution in [0, 0.1) is 0 Å². The molecule has 2 aliphatic heterocycles. The van der Waals surface area contributed by atoms with Crippen LogP contribution in [0.1, 0.15) is 0 Å². The number of rotatable bonds is 4. The van der Waals surface area contributed by atoms with Crippen molar-refractivity contribution >= 4 is 0 Å². The molecule has 0 aromatic carbocycles. The number of ether oxygens (including phenoxy) is 4. The Morgan fingerprint density at radius 1 is 1.09 bits per heavy atom. The Labute approximate surface area is 127 Å². The molecule has 8 N–H and O–H groups in total. The summed E-state index contributed by atoms with van der Waals surface area (Å²) in [5, 5.41) is 38.6. The van der Waals surface area contributed by atoms with Crippen LogP contribution >= 0.6 is 0 Å². The maximum atomic E-state index is 9.96. The van der Waals surface area contributed by atoms with E-state index < -0.39 is 61.8 Å². The van der Waals surface area contributed by atoms with Gasteiger partial charge < -0.3 is 50.8 Å². The third kappa shape index (κ3) is 3.41. The summed E-state index contributed by atoms with van der Waals surface area (Å²) < 4.78 is 21.2. The maximum absolute atomic E-state index is 9.96. The quantitative estimate of drug-likeness (QED) is 0.298. The molecule has 0 unspecified atom stereocenters. The number of hydrogen-bond acceptors (Lipinski definition) is 10. The van der Waals surface area contributed by atoms with E-state index in [1.54, 1.807) is 0 Å². The van der Waals surface area contributed by atoms with Gasteiger partial charge in [-0.25, -0.2) is 0 Å². The lowest BCUT2D eigenvalue weighted by Gasteiger charge is -2.44. The first kappa shape index (κ1) is 17.9. The van der Waals surface area contributed by atoms with Gasteiger partial charge in [-0.2, -0.15) is 0 Å². The third-order valence-corrected chi connectivity index (χ3v) is 3.94. The van der Waals surface area contributed by atoms with Crippen LogP contribution in [-0.4, -0.2) is 95.9 Å². The molecule has 0 amide bonds. The van der Waals surface area contributed by atoms with Crippen molar-refractivity contribution in [3.05, 3.63) is 0 Å². The van der Waals surface area contributed by atoms with Gasteiger partial charge in [-0.1, -0.05) is 0 Å². The van der Waals surface area contributed by atoms with Gasteiger partial charge in [0.25, 0.3) is 0 Å². The van der Waals surface area contributed by atoms with Gasteiger partial charge in [0.15, 0.2) is 12.6 Å². The van der Waals surface area contributed by atoms with Crippen LogP contribution in [0.15, 0.2) is 0 Å². The van der Waals surface area contributed by atoms with Crippen molar-refractivity contribution in [3.63, 3.8) is 0 Å². The lowest BCUT2D eigenvalue weighted by atomic mass is 9.98. The van der Waals surface area contributed by atoms with Crippen molar-refractivity contribution in [2.45, 2.75) is 55.2 Å². The summed E-state index contributed by atoms with van der Waals surface area (Å²) >= 11 is 0. The van der Waals surface area contributed by atoms with Crippen molar-refractivity contribution in [2.75, 3.05) is 20.3 Å². The van der Waals surface area contributed by atoms with Crippen LogP contribution in [0.3, 0.4) is 0 Å².